The van der Waals surface area contributed by atoms with Crippen molar-refractivity contribution < 1.29 is 18.0 Å². The van der Waals surface area contributed by atoms with Crippen molar-refractivity contribution in [1.29, 1.82) is 0 Å². The van der Waals surface area contributed by atoms with Crippen LogP contribution in [0.3, 0.4) is 0 Å². The number of rotatable bonds is 8. The Morgan fingerprint density at radius 3 is 2.35 bits per heavy atom. The second-order valence-electron chi connectivity index (χ2n) is 5.68. The van der Waals surface area contributed by atoms with Gasteiger partial charge in [0.1, 0.15) is 0 Å². The molecule has 0 radical (unpaired) electrons. The predicted octanol–water partition coefficient (Wildman–Crippen LogP) is 0.385. The summed E-state index contributed by atoms with van der Waals surface area (Å²) in [5.74, 6) is -0.267. The minimum Gasteiger partial charge on any atom is -0.353 e. The Morgan fingerprint density at radius 2 is 1.78 bits per heavy atom. The number of carbonyl (C=O) groups is 2. The van der Waals surface area contributed by atoms with E-state index in [9.17, 15) is 18.0 Å². The van der Waals surface area contributed by atoms with Crippen LogP contribution in [0.15, 0.2) is 24.3 Å². The van der Waals surface area contributed by atoms with Crippen molar-refractivity contribution in [3.63, 3.8) is 0 Å². The summed E-state index contributed by atoms with van der Waals surface area (Å²) in [6.45, 7) is 0.0596. The van der Waals surface area contributed by atoms with Crippen LogP contribution in [0.4, 0.5) is 5.69 Å². The van der Waals surface area contributed by atoms with Gasteiger partial charge in [-0.3, -0.25) is 9.59 Å². The molecule has 126 valence electrons. The molecule has 0 unspecified atom stereocenters. The average molecular weight is 339 g/mol. The Labute approximate surface area is 135 Å². The van der Waals surface area contributed by atoms with Gasteiger partial charge in [-0.2, -0.15) is 0 Å². The zero-order valence-electron chi connectivity index (χ0n) is 13.0. The first kappa shape index (κ1) is 17.4. The molecule has 2 rings (SSSR count). The molecule has 23 heavy (non-hydrogen) atoms. The van der Waals surface area contributed by atoms with E-state index in [1.165, 1.54) is 0 Å². The third kappa shape index (κ3) is 7.25. The van der Waals surface area contributed by atoms with Gasteiger partial charge in [0.05, 0.1) is 12.7 Å². The average Bonchev–Trinajstić information content (AvgIpc) is 3.23. The molecule has 8 heteroatoms. The van der Waals surface area contributed by atoms with Crippen LogP contribution in [0.2, 0.25) is 0 Å². The Kier molecular flexibility index (Phi) is 5.73. The molecule has 1 aliphatic rings. The third-order valence-electron chi connectivity index (χ3n) is 3.26. The minimum atomic E-state index is -3.28. The Hall–Kier alpha value is -1.93. The number of sulfonamides is 1. The van der Waals surface area contributed by atoms with Crippen molar-refractivity contribution in [2.24, 2.45) is 0 Å². The summed E-state index contributed by atoms with van der Waals surface area (Å²) in [5.41, 5.74) is 1.49. The molecule has 0 spiro atoms. The van der Waals surface area contributed by atoms with Gasteiger partial charge in [0, 0.05) is 24.7 Å². The van der Waals surface area contributed by atoms with Gasteiger partial charge in [-0.15, -0.1) is 0 Å². The lowest BCUT2D eigenvalue weighted by molar-refractivity contribution is -0.120. The normalized spacial score (nSPS) is 14.3. The van der Waals surface area contributed by atoms with E-state index >= 15 is 0 Å². The van der Waals surface area contributed by atoms with Gasteiger partial charge in [0.2, 0.25) is 21.8 Å². The van der Waals surface area contributed by atoms with Crippen molar-refractivity contribution in [2.45, 2.75) is 31.7 Å². The molecule has 1 aromatic rings. The lowest BCUT2D eigenvalue weighted by atomic mass is 10.1. The van der Waals surface area contributed by atoms with Crippen LogP contribution in [0.5, 0.6) is 0 Å². The highest BCUT2D eigenvalue weighted by atomic mass is 32.2. The van der Waals surface area contributed by atoms with Crippen LogP contribution < -0.4 is 15.4 Å². The summed E-state index contributed by atoms with van der Waals surface area (Å²) < 4.78 is 24.0. The van der Waals surface area contributed by atoms with E-state index in [2.05, 4.69) is 15.4 Å². The van der Waals surface area contributed by atoms with Gasteiger partial charge >= 0.3 is 0 Å². The lowest BCUT2D eigenvalue weighted by Crippen LogP contribution is -2.27. The number of anilines is 1. The topological polar surface area (TPSA) is 104 Å². The molecule has 3 N–H and O–H groups in total. The molecule has 0 heterocycles. The smallest absolute Gasteiger partial charge is 0.225 e. The molecule has 1 aromatic carbocycles. The molecule has 1 aliphatic carbocycles. The number of hydrogen-bond donors (Lipinski definition) is 3. The molecule has 1 saturated carbocycles. The summed E-state index contributed by atoms with van der Waals surface area (Å²) in [6.07, 6.45) is 3.54. The Morgan fingerprint density at radius 1 is 1.13 bits per heavy atom. The maximum atomic E-state index is 11.7. The number of benzene rings is 1. The van der Waals surface area contributed by atoms with Crippen LogP contribution >= 0.6 is 0 Å². The maximum Gasteiger partial charge on any atom is 0.225 e. The predicted molar refractivity (Wildman–Crippen MR) is 87.4 cm³/mol. The standard InChI is InChI=1S/C15H21N3O4S/c1-23(21,22)16-9-8-14(19)17-12-4-2-11(3-5-12)10-15(20)18-13-6-7-13/h2-5,13,16H,6-10H2,1H3,(H,17,19)(H,18,20). The zero-order valence-corrected chi connectivity index (χ0v) is 13.8. The van der Waals surface area contributed by atoms with Crippen molar-refractivity contribution in [3.8, 4) is 0 Å². The fourth-order valence-corrected chi connectivity index (χ4v) is 2.44. The van der Waals surface area contributed by atoms with Crippen molar-refractivity contribution in [2.75, 3.05) is 18.1 Å². The molecule has 0 atom stereocenters. The van der Waals surface area contributed by atoms with Gasteiger partial charge in [-0.05, 0) is 30.5 Å². The number of nitrogens with one attached hydrogen (secondary N) is 3. The van der Waals surface area contributed by atoms with Crippen molar-refractivity contribution in [1.82, 2.24) is 10.0 Å². The summed E-state index contributed by atoms with van der Waals surface area (Å²) in [6, 6.07) is 7.37. The van der Waals surface area contributed by atoms with Gasteiger partial charge in [0.15, 0.2) is 0 Å². The van der Waals surface area contributed by atoms with Gasteiger partial charge in [0.25, 0.3) is 0 Å². The lowest BCUT2D eigenvalue weighted by Gasteiger charge is -2.07. The van der Waals surface area contributed by atoms with Crippen molar-refractivity contribution in [3.05, 3.63) is 29.8 Å². The van der Waals surface area contributed by atoms with E-state index in [-0.39, 0.29) is 24.8 Å². The van der Waals surface area contributed by atoms with Crippen LogP contribution in [-0.4, -0.2) is 39.1 Å². The van der Waals surface area contributed by atoms with Crippen LogP contribution in [-0.2, 0) is 26.0 Å². The highest BCUT2D eigenvalue weighted by Crippen LogP contribution is 2.19. The molecular weight excluding hydrogens is 318 g/mol. The van der Waals surface area contributed by atoms with E-state index < -0.39 is 10.0 Å². The molecule has 7 nitrogen and oxygen atoms in total. The second-order valence-corrected chi connectivity index (χ2v) is 7.51. The molecular formula is C15H21N3O4S. The van der Waals surface area contributed by atoms with E-state index in [1.54, 1.807) is 24.3 Å². The van der Waals surface area contributed by atoms with E-state index in [0.717, 1.165) is 24.7 Å². The first-order valence-electron chi connectivity index (χ1n) is 7.44. The Bertz CT molecular complexity index is 666. The largest absolute Gasteiger partial charge is 0.353 e. The first-order chi connectivity index (χ1) is 10.8. The molecule has 2 amide bonds. The molecule has 0 aromatic heterocycles. The van der Waals surface area contributed by atoms with Crippen molar-refractivity contribution >= 4 is 27.5 Å². The minimum absolute atomic E-state index is 0.0103. The fourth-order valence-electron chi connectivity index (χ4n) is 1.97. The zero-order chi connectivity index (χ0) is 16.9. The maximum absolute atomic E-state index is 11.7. The van der Waals surface area contributed by atoms with Gasteiger partial charge < -0.3 is 10.6 Å². The summed E-state index contributed by atoms with van der Waals surface area (Å²) in [4.78, 5) is 23.4. The van der Waals surface area contributed by atoms with Crippen LogP contribution in [0, 0.1) is 0 Å². The molecule has 1 fully saturated rings. The summed E-state index contributed by atoms with van der Waals surface area (Å²) in [5, 5.41) is 5.60. The SMILES string of the molecule is CS(=O)(=O)NCCC(=O)Nc1ccc(CC(=O)NC2CC2)cc1. The third-order valence-corrected chi connectivity index (χ3v) is 3.99. The molecule has 0 saturated heterocycles. The number of carbonyl (C=O) groups excluding carboxylic acids is 2. The monoisotopic (exact) mass is 339 g/mol. The molecule has 0 bridgehead atoms. The second kappa shape index (κ2) is 7.56. The quantitative estimate of drug-likeness (QED) is 0.637. The number of amides is 2. The van der Waals surface area contributed by atoms with Gasteiger partial charge in [-0.1, -0.05) is 12.1 Å². The van der Waals surface area contributed by atoms with Gasteiger partial charge in [-0.25, -0.2) is 13.1 Å². The molecule has 0 aliphatic heterocycles. The van der Waals surface area contributed by atoms with E-state index in [1.807, 2.05) is 0 Å². The number of hydrogen-bond acceptors (Lipinski definition) is 4. The van der Waals surface area contributed by atoms with E-state index in [0.29, 0.717) is 18.2 Å². The van der Waals surface area contributed by atoms with Crippen LogP contribution in [0.25, 0.3) is 0 Å². The Balaban J connectivity index is 1.75. The van der Waals surface area contributed by atoms with E-state index in [4.69, 9.17) is 0 Å². The fraction of sp³-hybridized carbons (Fsp3) is 0.467. The summed E-state index contributed by atoms with van der Waals surface area (Å²) in [7, 11) is -3.28. The first-order valence-corrected chi connectivity index (χ1v) is 9.34. The summed E-state index contributed by atoms with van der Waals surface area (Å²) >= 11 is 0. The highest BCUT2D eigenvalue weighted by molar-refractivity contribution is 7.88. The van der Waals surface area contributed by atoms with Crippen LogP contribution in [0.1, 0.15) is 24.8 Å². The highest BCUT2D eigenvalue weighted by Gasteiger charge is 2.22.